The zero-order chi connectivity index (χ0) is 7.72. The predicted molar refractivity (Wildman–Crippen MR) is 44.1 cm³/mol. The number of halogens is 2. The summed E-state index contributed by atoms with van der Waals surface area (Å²) in [5.41, 5.74) is 0.642. The summed E-state index contributed by atoms with van der Waals surface area (Å²) in [6, 6.07) is 0. The van der Waals surface area contributed by atoms with Crippen molar-refractivity contribution in [3.05, 3.63) is 10.2 Å². The molecule has 1 rings (SSSR count). The van der Waals surface area contributed by atoms with Crippen molar-refractivity contribution in [1.29, 1.82) is 0 Å². The van der Waals surface area contributed by atoms with E-state index >= 15 is 0 Å². The Bertz CT molecular complexity index is 272. The van der Waals surface area contributed by atoms with E-state index in [0.29, 0.717) is 14.4 Å². The van der Waals surface area contributed by atoms with Gasteiger partial charge in [-0.25, -0.2) is 9.19 Å². The van der Waals surface area contributed by atoms with Crippen LogP contribution in [-0.2, 0) is 10.0 Å². The standard InChI is InChI=1S/C4H3Cl2NOS2/c1-2-3(10(6)8)9-4(5)7-2/h1H3. The van der Waals surface area contributed by atoms with Gasteiger partial charge in [-0.3, -0.25) is 0 Å². The number of aryl methyl sites for hydroxylation is 1. The third-order valence-corrected chi connectivity index (χ3v) is 3.96. The molecule has 56 valence electrons. The normalized spacial score (nSPS) is 13.5. The van der Waals surface area contributed by atoms with Crippen molar-refractivity contribution in [2.75, 3.05) is 0 Å². The summed E-state index contributed by atoms with van der Waals surface area (Å²) in [5.74, 6) is 0. The van der Waals surface area contributed by atoms with E-state index in [1.54, 1.807) is 6.92 Å². The van der Waals surface area contributed by atoms with Crippen molar-refractivity contribution in [1.82, 2.24) is 4.98 Å². The van der Waals surface area contributed by atoms with Gasteiger partial charge in [0.05, 0.1) is 5.69 Å². The summed E-state index contributed by atoms with van der Waals surface area (Å²) in [6.45, 7) is 1.72. The summed E-state index contributed by atoms with van der Waals surface area (Å²) in [5, 5.41) is 0. The van der Waals surface area contributed by atoms with Gasteiger partial charge in [0.15, 0.2) is 14.5 Å². The summed E-state index contributed by atoms with van der Waals surface area (Å²) in [4.78, 5) is 3.84. The molecule has 0 fully saturated rings. The molecule has 1 aromatic heterocycles. The number of hydrogen-bond acceptors (Lipinski definition) is 3. The molecule has 0 amide bonds. The van der Waals surface area contributed by atoms with Crippen molar-refractivity contribution < 1.29 is 4.21 Å². The quantitative estimate of drug-likeness (QED) is 0.674. The van der Waals surface area contributed by atoms with Gasteiger partial charge in [0.25, 0.3) is 0 Å². The number of hydrogen-bond donors (Lipinski definition) is 0. The monoisotopic (exact) mass is 215 g/mol. The lowest BCUT2D eigenvalue weighted by Gasteiger charge is -1.84. The van der Waals surface area contributed by atoms with E-state index < -0.39 is 10.0 Å². The fraction of sp³-hybridized carbons (Fsp3) is 0.250. The van der Waals surface area contributed by atoms with Crippen LogP contribution in [0, 0.1) is 6.92 Å². The predicted octanol–water partition coefficient (Wildman–Crippen LogP) is 2.37. The largest absolute Gasteiger partial charge is 0.236 e. The highest BCUT2D eigenvalue weighted by Crippen LogP contribution is 2.26. The number of rotatable bonds is 1. The molecule has 1 heterocycles. The molecule has 10 heavy (non-hydrogen) atoms. The van der Waals surface area contributed by atoms with Gasteiger partial charge in [-0.15, -0.1) is 0 Å². The SMILES string of the molecule is Cc1nc(Cl)sc1S(=O)Cl. The van der Waals surface area contributed by atoms with Crippen molar-refractivity contribution >= 4 is 43.6 Å². The summed E-state index contributed by atoms with van der Waals surface area (Å²) < 4.78 is 11.6. The van der Waals surface area contributed by atoms with Crippen LogP contribution in [0.25, 0.3) is 0 Å². The average molecular weight is 216 g/mol. The highest BCUT2D eigenvalue weighted by atomic mass is 35.7. The third-order valence-electron chi connectivity index (χ3n) is 0.874. The minimum atomic E-state index is -1.48. The van der Waals surface area contributed by atoms with Crippen LogP contribution in [0.4, 0.5) is 0 Å². The van der Waals surface area contributed by atoms with Crippen molar-refractivity contribution in [2.45, 2.75) is 11.1 Å². The molecule has 2 nitrogen and oxygen atoms in total. The van der Waals surface area contributed by atoms with Gasteiger partial charge in [-0.1, -0.05) is 22.9 Å². The van der Waals surface area contributed by atoms with E-state index in [1.807, 2.05) is 0 Å². The Morgan fingerprint density at radius 2 is 2.30 bits per heavy atom. The number of nitrogens with zero attached hydrogens (tertiary/aromatic N) is 1. The second-order valence-corrected chi connectivity index (χ2v) is 5.10. The highest BCUT2D eigenvalue weighted by Gasteiger charge is 2.09. The van der Waals surface area contributed by atoms with Crippen LogP contribution in [-0.4, -0.2) is 9.19 Å². The zero-order valence-electron chi connectivity index (χ0n) is 4.93. The maximum absolute atomic E-state index is 10.7. The number of aromatic nitrogens is 1. The molecule has 0 bridgehead atoms. The lowest BCUT2D eigenvalue weighted by molar-refractivity contribution is 0.692. The second kappa shape index (κ2) is 3.17. The summed E-state index contributed by atoms with van der Waals surface area (Å²) >= 11 is 6.67. The Morgan fingerprint density at radius 1 is 1.70 bits per heavy atom. The molecular formula is C4H3Cl2NOS2. The molecule has 0 aromatic carbocycles. The molecule has 0 saturated carbocycles. The molecule has 1 atom stereocenters. The molecular weight excluding hydrogens is 213 g/mol. The van der Waals surface area contributed by atoms with Crippen LogP contribution < -0.4 is 0 Å². The Balaban J connectivity index is 3.15. The highest BCUT2D eigenvalue weighted by molar-refractivity contribution is 8.09. The minimum Gasteiger partial charge on any atom is -0.236 e. The lowest BCUT2D eigenvalue weighted by atomic mass is 10.6. The van der Waals surface area contributed by atoms with Crippen LogP contribution >= 0.6 is 33.6 Å². The van der Waals surface area contributed by atoms with Gasteiger partial charge >= 0.3 is 0 Å². The Kier molecular flexibility index (Phi) is 2.68. The smallest absolute Gasteiger partial charge is 0.185 e. The Hall–Kier alpha value is 0.360. The van der Waals surface area contributed by atoms with Gasteiger partial charge in [-0.2, -0.15) is 0 Å². The molecule has 1 aromatic rings. The maximum Gasteiger partial charge on any atom is 0.185 e. The molecule has 0 N–H and O–H groups in total. The first-order chi connectivity index (χ1) is 4.61. The van der Waals surface area contributed by atoms with E-state index in [-0.39, 0.29) is 0 Å². The molecule has 1 unspecified atom stereocenters. The van der Waals surface area contributed by atoms with Crippen molar-refractivity contribution in [2.24, 2.45) is 0 Å². The van der Waals surface area contributed by atoms with Gasteiger partial charge in [0.2, 0.25) is 0 Å². The van der Waals surface area contributed by atoms with E-state index in [0.717, 1.165) is 11.3 Å². The van der Waals surface area contributed by atoms with E-state index in [4.69, 9.17) is 22.3 Å². The fourth-order valence-electron chi connectivity index (χ4n) is 0.500. The molecule has 0 radical (unpaired) electrons. The van der Waals surface area contributed by atoms with Gasteiger partial charge < -0.3 is 0 Å². The van der Waals surface area contributed by atoms with Crippen LogP contribution in [0.2, 0.25) is 4.47 Å². The molecule has 0 aliphatic carbocycles. The van der Waals surface area contributed by atoms with Crippen molar-refractivity contribution in [3.8, 4) is 0 Å². The molecule has 0 aliphatic rings. The van der Waals surface area contributed by atoms with Gasteiger partial charge in [0.1, 0.15) is 4.21 Å². The van der Waals surface area contributed by atoms with Crippen LogP contribution in [0.1, 0.15) is 5.69 Å². The first-order valence-corrected chi connectivity index (χ1v) is 5.49. The van der Waals surface area contributed by atoms with E-state index in [1.165, 1.54) is 0 Å². The van der Waals surface area contributed by atoms with Gasteiger partial charge in [0, 0.05) is 0 Å². The molecule has 0 aliphatic heterocycles. The average Bonchev–Trinajstić information content (AvgIpc) is 2.10. The first kappa shape index (κ1) is 8.46. The first-order valence-electron chi connectivity index (χ1n) is 2.32. The van der Waals surface area contributed by atoms with Crippen molar-refractivity contribution in [3.63, 3.8) is 0 Å². The third kappa shape index (κ3) is 1.69. The fourth-order valence-corrected chi connectivity index (χ4v) is 2.92. The van der Waals surface area contributed by atoms with Gasteiger partial charge in [-0.05, 0) is 17.6 Å². The van der Waals surface area contributed by atoms with E-state index in [9.17, 15) is 4.21 Å². The topological polar surface area (TPSA) is 30.0 Å². The Labute approximate surface area is 74.1 Å². The molecule has 0 saturated heterocycles. The molecule has 6 heteroatoms. The Morgan fingerprint density at radius 3 is 2.50 bits per heavy atom. The minimum absolute atomic E-state index is 0.376. The second-order valence-electron chi connectivity index (χ2n) is 1.56. The van der Waals surface area contributed by atoms with E-state index in [2.05, 4.69) is 4.98 Å². The summed E-state index contributed by atoms with van der Waals surface area (Å²) in [7, 11) is 3.83. The lowest BCUT2D eigenvalue weighted by Crippen LogP contribution is -1.79. The zero-order valence-corrected chi connectivity index (χ0v) is 8.07. The van der Waals surface area contributed by atoms with Crippen LogP contribution in [0.15, 0.2) is 4.21 Å². The molecule has 0 spiro atoms. The van der Waals surface area contributed by atoms with Crippen LogP contribution in [0.3, 0.4) is 0 Å². The maximum atomic E-state index is 10.7. The number of thiazole rings is 1. The van der Waals surface area contributed by atoms with Crippen LogP contribution in [0.5, 0.6) is 0 Å². The summed E-state index contributed by atoms with van der Waals surface area (Å²) in [6.07, 6.45) is 0.